The molecular weight excluding hydrogens is 304 g/mol. The van der Waals surface area contributed by atoms with E-state index in [1.54, 1.807) is 6.92 Å². The van der Waals surface area contributed by atoms with Crippen LogP contribution in [0.3, 0.4) is 0 Å². The van der Waals surface area contributed by atoms with Gasteiger partial charge in [-0.05, 0) is 38.4 Å². The number of amides is 2. The highest BCUT2D eigenvalue weighted by atomic mass is 19.1. The number of hydrogen-bond donors (Lipinski definition) is 3. The zero-order valence-corrected chi connectivity index (χ0v) is 13.2. The van der Waals surface area contributed by atoms with Gasteiger partial charge >= 0.3 is 6.03 Å². The highest BCUT2D eigenvalue weighted by molar-refractivity contribution is 5.74. The Morgan fingerprint density at radius 1 is 1.43 bits per heavy atom. The van der Waals surface area contributed by atoms with Gasteiger partial charge in [-0.3, -0.25) is 4.90 Å². The fourth-order valence-electron chi connectivity index (χ4n) is 2.72. The Bertz CT molecular complexity index is 522. The van der Waals surface area contributed by atoms with Crippen LogP contribution < -0.4 is 10.6 Å². The number of carbonyl (C=O) groups excluding carboxylic acids is 1. The van der Waals surface area contributed by atoms with E-state index in [0.717, 1.165) is 19.4 Å². The molecule has 1 unspecified atom stereocenters. The van der Waals surface area contributed by atoms with Crippen LogP contribution in [0.4, 0.5) is 13.6 Å². The van der Waals surface area contributed by atoms with Crippen molar-refractivity contribution in [2.24, 2.45) is 0 Å². The Morgan fingerprint density at radius 3 is 2.78 bits per heavy atom. The Labute approximate surface area is 134 Å². The van der Waals surface area contributed by atoms with Crippen LogP contribution in [0, 0.1) is 11.6 Å². The molecule has 1 aromatic rings. The van der Waals surface area contributed by atoms with E-state index in [2.05, 4.69) is 10.6 Å². The van der Waals surface area contributed by atoms with Crippen LogP contribution in [0.15, 0.2) is 18.2 Å². The van der Waals surface area contributed by atoms with Crippen molar-refractivity contribution in [1.29, 1.82) is 0 Å². The van der Waals surface area contributed by atoms with Crippen molar-refractivity contribution in [3.8, 4) is 0 Å². The molecular formula is C16H23F2N3O2. The summed E-state index contributed by atoms with van der Waals surface area (Å²) in [4.78, 5) is 13.7. The van der Waals surface area contributed by atoms with Gasteiger partial charge in [-0.2, -0.15) is 0 Å². The number of likely N-dealkylation sites (tertiary alicyclic amines) is 1. The van der Waals surface area contributed by atoms with Gasteiger partial charge in [0.25, 0.3) is 0 Å². The van der Waals surface area contributed by atoms with Gasteiger partial charge in [0, 0.05) is 24.7 Å². The Hall–Kier alpha value is -1.73. The number of aliphatic hydroxyl groups is 1. The van der Waals surface area contributed by atoms with Crippen LogP contribution in [0.1, 0.15) is 25.3 Å². The van der Waals surface area contributed by atoms with Crippen molar-refractivity contribution in [1.82, 2.24) is 15.5 Å². The normalized spacial score (nSPS) is 20.1. The molecule has 1 heterocycles. The molecule has 1 aliphatic heterocycles. The highest BCUT2D eigenvalue weighted by Crippen LogP contribution is 2.18. The zero-order valence-electron chi connectivity index (χ0n) is 13.2. The van der Waals surface area contributed by atoms with Gasteiger partial charge in [0.1, 0.15) is 11.6 Å². The van der Waals surface area contributed by atoms with E-state index in [4.69, 9.17) is 5.11 Å². The van der Waals surface area contributed by atoms with Crippen LogP contribution in [0.2, 0.25) is 0 Å². The maximum absolute atomic E-state index is 13.7. The third-order valence-electron chi connectivity index (χ3n) is 3.94. The van der Waals surface area contributed by atoms with E-state index in [-0.39, 0.29) is 36.8 Å². The first-order chi connectivity index (χ1) is 11.0. The molecule has 0 spiro atoms. The fourth-order valence-corrected chi connectivity index (χ4v) is 2.72. The number of rotatable bonds is 5. The molecule has 7 heteroatoms. The first-order valence-corrected chi connectivity index (χ1v) is 7.82. The predicted molar refractivity (Wildman–Crippen MR) is 82.9 cm³/mol. The Balaban J connectivity index is 1.89. The van der Waals surface area contributed by atoms with Gasteiger partial charge in [0.05, 0.1) is 12.6 Å². The highest BCUT2D eigenvalue weighted by Gasteiger charge is 2.23. The average Bonchev–Trinajstić information content (AvgIpc) is 2.51. The molecule has 0 aromatic heterocycles. The van der Waals surface area contributed by atoms with E-state index >= 15 is 0 Å². The lowest BCUT2D eigenvalue weighted by Crippen LogP contribution is -2.52. The molecule has 0 aliphatic carbocycles. The molecule has 5 nitrogen and oxygen atoms in total. The number of halogens is 2. The van der Waals surface area contributed by atoms with Crippen LogP contribution in [-0.2, 0) is 6.54 Å². The van der Waals surface area contributed by atoms with Crippen LogP contribution in [0.25, 0.3) is 0 Å². The van der Waals surface area contributed by atoms with E-state index in [1.165, 1.54) is 18.2 Å². The van der Waals surface area contributed by atoms with Crippen LogP contribution >= 0.6 is 0 Å². The molecule has 2 rings (SSSR count). The minimum absolute atomic E-state index is 0.0616. The fraction of sp³-hybridized carbons (Fsp3) is 0.562. The van der Waals surface area contributed by atoms with Gasteiger partial charge < -0.3 is 15.7 Å². The summed E-state index contributed by atoms with van der Waals surface area (Å²) in [5, 5.41) is 14.4. The summed E-state index contributed by atoms with van der Waals surface area (Å²) in [6.45, 7) is 3.03. The standard InChI is InChI=1S/C16H23F2N3O2/c1-11(10-22)19-16(23)20-12-4-3-7-21(8-12)9-13-14(17)5-2-6-15(13)18/h2,5-6,11-12,22H,3-4,7-10H2,1H3,(H2,19,20,23)/t11-,12?/m0/s1. The lowest BCUT2D eigenvalue weighted by atomic mass is 10.0. The predicted octanol–water partition coefficient (Wildman–Crippen LogP) is 1.61. The molecule has 0 radical (unpaired) electrons. The van der Waals surface area contributed by atoms with Gasteiger partial charge in [-0.1, -0.05) is 6.07 Å². The summed E-state index contributed by atoms with van der Waals surface area (Å²) in [6.07, 6.45) is 1.66. The minimum atomic E-state index is -0.547. The molecule has 1 aromatic carbocycles. The number of hydrogen-bond acceptors (Lipinski definition) is 3. The monoisotopic (exact) mass is 327 g/mol. The van der Waals surface area contributed by atoms with Crippen LogP contribution in [0.5, 0.6) is 0 Å². The summed E-state index contributed by atoms with van der Waals surface area (Å²) >= 11 is 0. The maximum atomic E-state index is 13.7. The summed E-state index contributed by atoms with van der Waals surface area (Å²) in [6, 6.07) is 3.12. The molecule has 23 heavy (non-hydrogen) atoms. The van der Waals surface area contributed by atoms with Crippen molar-refractivity contribution in [3.05, 3.63) is 35.4 Å². The molecule has 1 aliphatic rings. The first-order valence-electron chi connectivity index (χ1n) is 7.82. The molecule has 3 N–H and O–H groups in total. The lowest BCUT2D eigenvalue weighted by Gasteiger charge is -2.33. The smallest absolute Gasteiger partial charge is 0.315 e. The minimum Gasteiger partial charge on any atom is -0.394 e. The summed E-state index contributed by atoms with van der Waals surface area (Å²) in [7, 11) is 0. The number of aliphatic hydroxyl groups excluding tert-OH is 1. The van der Waals surface area contributed by atoms with Gasteiger partial charge in [-0.15, -0.1) is 0 Å². The second-order valence-electron chi connectivity index (χ2n) is 5.98. The third-order valence-corrected chi connectivity index (χ3v) is 3.94. The van der Waals surface area contributed by atoms with Gasteiger partial charge in [0.2, 0.25) is 0 Å². The zero-order chi connectivity index (χ0) is 16.8. The van der Waals surface area contributed by atoms with Gasteiger partial charge in [-0.25, -0.2) is 13.6 Å². The Kier molecular flexibility index (Phi) is 6.29. The number of carbonyl (C=O) groups is 1. The topological polar surface area (TPSA) is 64.6 Å². The van der Waals surface area contributed by atoms with Crippen molar-refractivity contribution >= 4 is 6.03 Å². The van der Waals surface area contributed by atoms with Crippen LogP contribution in [-0.4, -0.2) is 47.8 Å². The van der Waals surface area contributed by atoms with Gasteiger partial charge in [0.15, 0.2) is 0 Å². The molecule has 1 saturated heterocycles. The molecule has 128 valence electrons. The molecule has 2 atom stereocenters. The second kappa shape index (κ2) is 8.21. The number of benzene rings is 1. The number of nitrogens with zero attached hydrogens (tertiary/aromatic N) is 1. The number of piperidine rings is 1. The SMILES string of the molecule is C[C@@H](CO)NC(=O)NC1CCCN(Cc2c(F)cccc2F)C1. The second-order valence-corrected chi connectivity index (χ2v) is 5.98. The maximum Gasteiger partial charge on any atom is 0.315 e. The summed E-state index contributed by atoms with van der Waals surface area (Å²) in [5.41, 5.74) is 0.0616. The molecule has 2 amide bonds. The summed E-state index contributed by atoms with van der Waals surface area (Å²) < 4.78 is 27.5. The largest absolute Gasteiger partial charge is 0.394 e. The van der Waals surface area contributed by atoms with Crippen molar-refractivity contribution in [2.75, 3.05) is 19.7 Å². The first kappa shape index (κ1) is 17.6. The van der Waals surface area contributed by atoms with E-state index in [0.29, 0.717) is 6.54 Å². The quantitative estimate of drug-likeness (QED) is 0.770. The van der Waals surface area contributed by atoms with Crippen molar-refractivity contribution in [2.45, 2.75) is 38.4 Å². The van der Waals surface area contributed by atoms with E-state index in [9.17, 15) is 13.6 Å². The number of nitrogens with one attached hydrogen (secondary N) is 2. The summed E-state index contributed by atoms with van der Waals surface area (Å²) in [5.74, 6) is -1.09. The van der Waals surface area contributed by atoms with Crippen molar-refractivity contribution < 1.29 is 18.7 Å². The molecule has 0 saturated carbocycles. The molecule has 1 fully saturated rings. The van der Waals surface area contributed by atoms with Crippen molar-refractivity contribution in [3.63, 3.8) is 0 Å². The number of urea groups is 1. The molecule has 0 bridgehead atoms. The van der Waals surface area contributed by atoms with E-state index < -0.39 is 11.6 Å². The Morgan fingerprint density at radius 2 is 2.13 bits per heavy atom. The van der Waals surface area contributed by atoms with E-state index in [1.807, 2.05) is 4.90 Å². The third kappa shape index (κ3) is 5.14. The average molecular weight is 327 g/mol. The lowest BCUT2D eigenvalue weighted by molar-refractivity contribution is 0.174.